The molecule has 0 N–H and O–H groups in total. The zero-order valence-electron chi connectivity index (χ0n) is 31.6. The molecule has 0 aromatic heterocycles. The zero-order valence-corrected chi connectivity index (χ0v) is 31.6. The molecule has 0 heterocycles. The van der Waals surface area contributed by atoms with Crippen molar-refractivity contribution in [2.45, 2.75) is 194 Å². The summed E-state index contributed by atoms with van der Waals surface area (Å²) >= 11 is 0. The van der Waals surface area contributed by atoms with Crippen LogP contribution in [0.25, 0.3) is 0 Å². The van der Waals surface area contributed by atoms with Gasteiger partial charge in [-0.3, -0.25) is 9.59 Å². The number of carbonyl (C=O) groups is 2. The maximum absolute atomic E-state index is 11.9. The molecule has 0 aliphatic heterocycles. The van der Waals surface area contributed by atoms with E-state index < -0.39 is 0 Å². The molecule has 0 bridgehead atoms. The summed E-state index contributed by atoms with van der Waals surface area (Å²) in [5, 5.41) is 0. The number of unbranched alkanes of at least 4 members (excludes halogenated alkanes) is 20. The average molecular weight is 675 g/mol. The van der Waals surface area contributed by atoms with Gasteiger partial charge in [0, 0.05) is 12.8 Å². The molecule has 0 amide bonds. The molecule has 6 heteroatoms. The first-order chi connectivity index (χ1) is 23.6. The minimum absolute atomic E-state index is 0.0384. The van der Waals surface area contributed by atoms with Crippen LogP contribution < -0.4 is 9.47 Å². The molecule has 48 heavy (non-hydrogen) atoms. The highest BCUT2D eigenvalue weighted by Gasteiger charge is 2.07. The van der Waals surface area contributed by atoms with Crippen molar-refractivity contribution in [3.05, 3.63) is 23.8 Å². The molecule has 0 radical (unpaired) electrons. The molecule has 0 fully saturated rings. The third-order valence-corrected chi connectivity index (χ3v) is 9.01. The number of hydrogen-bond acceptors (Lipinski definition) is 6. The van der Waals surface area contributed by atoms with Crippen LogP contribution in [0.5, 0.6) is 11.5 Å². The van der Waals surface area contributed by atoms with E-state index in [2.05, 4.69) is 26.8 Å². The molecule has 6 nitrogen and oxygen atoms in total. The Hall–Kier alpha value is -2.24. The number of benzene rings is 1. The topological polar surface area (TPSA) is 71.1 Å². The summed E-state index contributed by atoms with van der Waals surface area (Å²) in [6, 6.07) is 6.16. The minimum atomic E-state index is -0.0387. The summed E-state index contributed by atoms with van der Waals surface area (Å²) < 4.78 is 22.9. The highest BCUT2D eigenvalue weighted by molar-refractivity contribution is 5.69. The summed E-state index contributed by atoms with van der Waals surface area (Å²) in [7, 11) is 0. The molecule has 0 aliphatic carbocycles. The molecule has 1 aromatic carbocycles. The van der Waals surface area contributed by atoms with Crippen molar-refractivity contribution in [2.24, 2.45) is 0 Å². The second kappa shape index (κ2) is 33.3. The lowest BCUT2D eigenvalue weighted by atomic mass is 10.1. The quantitative estimate of drug-likeness (QED) is 0.0527. The number of esters is 2. The van der Waals surface area contributed by atoms with Crippen molar-refractivity contribution in [2.75, 3.05) is 26.4 Å². The summed E-state index contributed by atoms with van der Waals surface area (Å²) in [6.45, 7) is 9.21. The Balaban J connectivity index is 1.99. The van der Waals surface area contributed by atoms with E-state index >= 15 is 0 Å². The predicted molar refractivity (Wildman–Crippen MR) is 200 cm³/mol. The van der Waals surface area contributed by atoms with Crippen molar-refractivity contribution in [1.29, 1.82) is 0 Å². The molecule has 0 saturated heterocycles. The fourth-order valence-electron chi connectivity index (χ4n) is 5.87. The molecule has 1 rings (SSSR count). The Kier molecular flexibility index (Phi) is 30.3. The molecule has 0 saturated carbocycles. The van der Waals surface area contributed by atoms with Crippen LogP contribution in [0, 0.1) is 0 Å². The zero-order chi connectivity index (χ0) is 34.8. The third kappa shape index (κ3) is 26.7. The summed E-state index contributed by atoms with van der Waals surface area (Å²) in [5.74, 6) is 1.78. The van der Waals surface area contributed by atoms with Crippen LogP contribution in [0.1, 0.15) is 193 Å². The summed E-state index contributed by atoms with van der Waals surface area (Å²) in [6.07, 6.45) is 29.7. The van der Waals surface area contributed by atoms with Gasteiger partial charge < -0.3 is 18.9 Å². The summed E-state index contributed by atoms with van der Waals surface area (Å²) in [5.41, 5.74) is 1.18. The maximum Gasteiger partial charge on any atom is 0.305 e. The van der Waals surface area contributed by atoms with Crippen molar-refractivity contribution in [1.82, 2.24) is 0 Å². The molecule has 278 valence electrons. The first-order valence-electron chi connectivity index (χ1n) is 20.3. The number of ether oxygens (including phenoxy) is 4. The first-order valence-corrected chi connectivity index (χ1v) is 20.3. The molecule has 0 aliphatic rings. The van der Waals surface area contributed by atoms with E-state index in [1.54, 1.807) is 0 Å². The predicted octanol–water partition coefficient (Wildman–Crippen LogP) is 12.3. The highest BCUT2D eigenvalue weighted by Crippen LogP contribution is 2.25. The molecular weight excluding hydrogens is 600 g/mol. The number of aryl methyl sites for hydroxylation is 1. The fourth-order valence-corrected chi connectivity index (χ4v) is 5.87. The fraction of sp³-hybridized carbons (Fsp3) is 0.810. The van der Waals surface area contributed by atoms with E-state index in [0.29, 0.717) is 39.3 Å². The lowest BCUT2D eigenvalue weighted by Crippen LogP contribution is -2.05. The van der Waals surface area contributed by atoms with Gasteiger partial charge in [0.05, 0.1) is 26.4 Å². The minimum Gasteiger partial charge on any atom is -0.494 e. The van der Waals surface area contributed by atoms with Gasteiger partial charge in [0.2, 0.25) is 0 Å². The van der Waals surface area contributed by atoms with Crippen LogP contribution in [-0.4, -0.2) is 38.4 Å². The molecule has 0 spiro atoms. The van der Waals surface area contributed by atoms with Crippen molar-refractivity contribution in [3.63, 3.8) is 0 Å². The Labute approximate surface area is 295 Å². The SMILES string of the molecule is CCCCCCCCCOC(=O)CCCCCCCOc1ccc(OCCCCCCCC(=O)OCCCCCCCCC)c(CC)c1. The average Bonchev–Trinajstić information content (AvgIpc) is 3.09. The Bertz CT molecular complexity index is 885. The molecule has 0 unspecified atom stereocenters. The van der Waals surface area contributed by atoms with Gasteiger partial charge in [0.25, 0.3) is 0 Å². The van der Waals surface area contributed by atoms with Gasteiger partial charge in [0.15, 0.2) is 0 Å². The normalized spacial score (nSPS) is 11.1. The van der Waals surface area contributed by atoms with E-state index in [0.717, 1.165) is 95.0 Å². The maximum atomic E-state index is 11.9. The first kappa shape index (κ1) is 43.8. The van der Waals surface area contributed by atoms with E-state index in [4.69, 9.17) is 18.9 Å². The van der Waals surface area contributed by atoms with Gasteiger partial charge in [-0.25, -0.2) is 0 Å². The van der Waals surface area contributed by atoms with E-state index in [9.17, 15) is 9.59 Å². The van der Waals surface area contributed by atoms with Crippen molar-refractivity contribution in [3.8, 4) is 11.5 Å². The van der Waals surface area contributed by atoms with Gasteiger partial charge in [-0.15, -0.1) is 0 Å². The third-order valence-electron chi connectivity index (χ3n) is 9.01. The number of carbonyl (C=O) groups excluding carboxylic acids is 2. The molecular formula is C42H74O6. The van der Waals surface area contributed by atoms with Crippen LogP contribution in [0.2, 0.25) is 0 Å². The lowest BCUT2D eigenvalue weighted by molar-refractivity contribution is -0.144. The van der Waals surface area contributed by atoms with Gasteiger partial charge in [-0.2, -0.15) is 0 Å². The lowest BCUT2D eigenvalue weighted by Gasteiger charge is -2.13. The van der Waals surface area contributed by atoms with Crippen molar-refractivity contribution < 1.29 is 28.5 Å². The standard InChI is InChI=1S/C42H74O6/c1-4-7-9-11-13-19-27-35-47-41(43)29-23-17-15-21-25-33-45-39-31-32-40(38(6-3)37-39)46-34-26-22-16-18-24-30-42(44)48-36-28-20-14-12-10-8-5-2/h31-32,37H,4-30,33-36H2,1-3H3. The smallest absolute Gasteiger partial charge is 0.305 e. The van der Waals surface area contributed by atoms with Gasteiger partial charge >= 0.3 is 11.9 Å². The Morgan fingerprint density at radius 2 is 0.854 bits per heavy atom. The van der Waals surface area contributed by atoms with Crippen LogP contribution >= 0.6 is 0 Å². The van der Waals surface area contributed by atoms with Crippen LogP contribution in [0.15, 0.2) is 18.2 Å². The van der Waals surface area contributed by atoms with E-state index in [1.807, 2.05) is 12.1 Å². The van der Waals surface area contributed by atoms with Gasteiger partial charge in [0.1, 0.15) is 11.5 Å². The van der Waals surface area contributed by atoms with Crippen molar-refractivity contribution >= 4 is 11.9 Å². The largest absolute Gasteiger partial charge is 0.494 e. The van der Waals surface area contributed by atoms with Crippen LogP contribution in [-0.2, 0) is 25.5 Å². The monoisotopic (exact) mass is 675 g/mol. The van der Waals surface area contributed by atoms with Crippen LogP contribution in [0.3, 0.4) is 0 Å². The second-order valence-corrected chi connectivity index (χ2v) is 13.5. The van der Waals surface area contributed by atoms with E-state index in [-0.39, 0.29) is 11.9 Å². The second-order valence-electron chi connectivity index (χ2n) is 13.5. The van der Waals surface area contributed by atoms with Gasteiger partial charge in [-0.1, -0.05) is 136 Å². The number of rotatable bonds is 35. The molecule has 1 aromatic rings. The van der Waals surface area contributed by atoms with E-state index in [1.165, 1.54) is 82.6 Å². The highest BCUT2D eigenvalue weighted by atomic mass is 16.5. The molecule has 0 atom stereocenters. The summed E-state index contributed by atoms with van der Waals surface area (Å²) in [4.78, 5) is 23.9. The van der Waals surface area contributed by atoms with Gasteiger partial charge in [-0.05, 0) is 68.7 Å². The number of hydrogen-bond donors (Lipinski definition) is 0. The Morgan fingerprint density at radius 3 is 1.31 bits per heavy atom. The Morgan fingerprint density at radius 1 is 0.458 bits per heavy atom. The van der Waals surface area contributed by atoms with Crippen LogP contribution in [0.4, 0.5) is 0 Å².